The molecule has 0 atom stereocenters. The summed E-state index contributed by atoms with van der Waals surface area (Å²) in [6.45, 7) is 0.144. The van der Waals surface area contributed by atoms with Crippen LogP contribution in [-0.2, 0) is 20.1 Å². The van der Waals surface area contributed by atoms with Crippen LogP contribution in [0.2, 0.25) is 0 Å². The Balaban J connectivity index is 0.000000180. The van der Waals surface area contributed by atoms with Gasteiger partial charge in [0, 0.05) is 52.9 Å². The van der Waals surface area contributed by atoms with Gasteiger partial charge < -0.3 is 14.4 Å². The van der Waals surface area contributed by atoms with Crippen LogP contribution in [-0.4, -0.2) is 9.97 Å². The van der Waals surface area contributed by atoms with Gasteiger partial charge in [0.05, 0.1) is 5.58 Å². The zero-order chi connectivity index (χ0) is 40.9. The number of pyridine rings is 2. The average Bonchev–Trinajstić information content (AvgIpc) is 3.62. The second kappa shape index (κ2) is 15.0. The van der Waals surface area contributed by atoms with Gasteiger partial charge >= 0.3 is 0 Å². The van der Waals surface area contributed by atoms with E-state index in [1.807, 2.05) is 54.7 Å². The maximum atomic E-state index is 9.18. The van der Waals surface area contributed by atoms with Gasteiger partial charge in [-0.15, -0.1) is 47.5 Å². The van der Waals surface area contributed by atoms with Gasteiger partial charge in [-0.25, -0.2) is 0 Å². The van der Waals surface area contributed by atoms with Gasteiger partial charge in [-0.2, -0.15) is 0 Å². The summed E-state index contributed by atoms with van der Waals surface area (Å²) in [6.07, 6.45) is 7.07. The largest absolute Gasteiger partial charge is 0.500 e. The predicted octanol–water partition coefficient (Wildman–Crippen LogP) is 13.1. The number of fused-ring (bicyclic) bond motifs is 5. The normalized spacial score (nSPS) is 17.2. The second-order valence-electron chi connectivity index (χ2n) is 14.0. The molecule has 1 fully saturated rings. The SMILES string of the molecule is [2H]C([2H])([2H])c1ccc(-c2[c-]cc(C([2H])([2H])[2H])c(-c3ccccc3)c2)nc1.[2H]C1(c2ccnc(-c3[c-]ccc4c3oc3c5ccccc5ccc43)c2)CCC(C)(C)CC1.[Ir]. The fourth-order valence-corrected chi connectivity index (χ4v) is 7.01. The molecule has 0 saturated heterocycles. The molecule has 1 aliphatic carbocycles. The monoisotopic (exact) mass is 862 g/mol. The smallest absolute Gasteiger partial charge is 0.128 e. The predicted molar refractivity (Wildman–Crippen MR) is 212 cm³/mol. The maximum Gasteiger partial charge on any atom is 0.128 e. The Kier molecular flexibility index (Phi) is 7.99. The third kappa shape index (κ3) is 7.24. The Morgan fingerprint density at radius 1 is 0.769 bits per heavy atom. The number of benzene rings is 5. The minimum Gasteiger partial charge on any atom is -0.500 e. The topological polar surface area (TPSA) is 38.9 Å². The van der Waals surface area contributed by atoms with Crippen molar-refractivity contribution in [3.8, 4) is 33.6 Å². The Morgan fingerprint density at radius 3 is 2.37 bits per heavy atom. The third-order valence-corrected chi connectivity index (χ3v) is 10.0. The van der Waals surface area contributed by atoms with Crippen LogP contribution in [0.5, 0.6) is 0 Å². The van der Waals surface area contributed by atoms with Gasteiger partial charge in [0.15, 0.2) is 0 Å². The molecule has 0 bridgehead atoms. The minimum absolute atomic E-state index is 0. The van der Waals surface area contributed by atoms with E-state index in [0.717, 1.165) is 75.4 Å². The van der Waals surface area contributed by atoms with E-state index >= 15 is 0 Å². The molecule has 0 unspecified atom stereocenters. The fourth-order valence-electron chi connectivity index (χ4n) is 7.01. The molecule has 3 aromatic heterocycles. The Bertz CT molecular complexity index is 2750. The number of aryl methyl sites for hydroxylation is 2. The summed E-state index contributed by atoms with van der Waals surface area (Å²) in [5.74, 6) is -0.550. The molecule has 1 aliphatic rings. The van der Waals surface area contributed by atoms with E-state index in [1.54, 1.807) is 12.1 Å². The van der Waals surface area contributed by atoms with Crippen molar-refractivity contribution in [2.75, 3.05) is 0 Å². The molecule has 0 amide bonds. The minimum atomic E-state index is -2.27. The van der Waals surface area contributed by atoms with Crippen LogP contribution < -0.4 is 0 Å². The molecule has 1 saturated carbocycles. The van der Waals surface area contributed by atoms with E-state index in [9.17, 15) is 1.37 Å². The molecule has 9 rings (SSSR count). The summed E-state index contributed by atoms with van der Waals surface area (Å²) in [4.78, 5) is 8.88. The van der Waals surface area contributed by atoms with Gasteiger partial charge in [-0.05, 0) is 77.8 Å². The number of nitrogens with zero attached hydrogens (tertiary/aromatic N) is 2. The van der Waals surface area contributed by atoms with Crippen LogP contribution >= 0.6 is 0 Å². The number of aromatic nitrogens is 2. The van der Waals surface area contributed by atoms with E-state index in [2.05, 4.69) is 78.4 Å². The Morgan fingerprint density at radius 2 is 1.58 bits per heavy atom. The average molecular weight is 862 g/mol. The van der Waals surface area contributed by atoms with E-state index in [-0.39, 0.29) is 31.2 Å². The van der Waals surface area contributed by atoms with Gasteiger partial charge in [0.25, 0.3) is 0 Å². The zero-order valence-electron chi connectivity index (χ0n) is 36.1. The molecule has 1 radical (unpaired) electrons. The van der Waals surface area contributed by atoms with Gasteiger partial charge in [0.1, 0.15) is 5.58 Å². The molecule has 0 spiro atoms. The van der Waals surface area contributed by atoms with Crippen LogP contribution in [0.4, 0.5) is 0 Å². The number of hydrogen-bond acceptors (Lipinski definition) is 3. The van der Waals surface area contributed by atoms with E-state index in [1.165, 1.54) is 23.7 Å². The van der Waals surface area contributed by atoms with Gasteiger partial charge in [-0.1, -0.05) is 128 Å². The second-order valence-corrected chi connectivity index (χ2v) is 14.0. The van der Waals surface area contributed by atoms with Crippen molar-refractivity contribution in [1.82, 2.24) is 9.97 Å². The summed E-state index contributed by atoms with van der Waals surface area (Å²) >= 11 is 0. The maximum absolute atomic E-state index is 9.18. The standard InChI is InChI=1S/C29H26NO.C19H16N.Ir/c1-29(2)15-12-19(13-16-29)21-14-17-30-26(18-21)25-9-5-8-23-24-11-10-20-6-3-4-7-22(20)27(24)31-28(23)25;1-14-8-11-19(20-13-14)17-10-9-15(2)18(12-17)16-6-4-3-5-7-16;/h3-8,10-11,14,17-19H,12-13,15-16H2,1-2H3;3-9,11-13H,1-2H3;/q2*-1;/i19D;1D3,2D3;. The van der Waals surface area contributed by atoms with Crippen molar-refractivity contribution < 1.29 is 34.1 Å². The Hall–Kier alpha value is -4.89. The van der Waals surface area contributed by atoms with Crippen molar-refractivity contribution in [3.05, 3.63) is 156 Å². The molecule has 0 aliphatic heterocycles. The third-order valence-electron chi connectivity index (χ3n) is 10.0. The molecule has 0 N–H and O–H groups in total. The summed E-state index contributed by atoms with van der Waals surface area (Å²) in [5, 5.41) is 4.47. The zero-order valence-corrected chi connectivity index (χ0v) is 31.5. The first kappa shape index (κ1) is 27.7. The summed E-state index contributed by atoms with van der Waals surface area (Å²) in [7, 11) is 0. The first-order valence-corrected chi connectivity index (χ1v) is 17.4. The molecule has 5 aromatic carbocycles. The molecule has 4 heteroatoms. The van der Waals surface area contributed by atoms with Crippen molar-refractivity contribution in [3.63, 3.8) is 0 Å². The summed E-state index contributed by atoms with van der Waals surface area (Å²) < 4.78 is 61.2. The molecule has 52 heavy (non-hydrogen) atoms. The first-order chi connectivity index (χ1) is 27.6. The van der Waals surface area contributed by atoms with Gasteiger partial charge in [-0.3, -0.25) is 0 Å². The number of rotatable bonds is 4. The quantitative estimate of drug-likeness (QED) is 0.166. The van der Waals surface area contributed by atoms with Crippen LogP contribution in [0, 0.1) is 31.3 Å². The van der Waals surface area contributed by atoms with Crippen LogP contribution in [0.1, 0.15) is 71.7 Å². The van der Waals surface area contributed by atoms with Crippen molar-refractivity contribution in [2.24, 2.45) is 5.41 Å². The molecule has 261 valence electrons. The van der Waals surface area contributed by atoms with E-state index in [4.69, 9.17) is 12.6 Å². The molecular weight excluding hydrogens is 813 g/mol. The molecule has 3 nitrogen and oxygen atoms in total. The molecular formula is C48H42IrN2O-2. The van der Waals surface area contributed by atoms with E-state index < -0.39 is 19.6 Å². The fraction of sp³-hybridized carbons (Fsp3) is 0.208. The summed E-state index contributed by atoms with van der Waals surface area (Å²) in [5.41, 5.74) is 7.67. The van der Waals surface area contributed by atoms with Crippen molar-refractivity contribution in [1.29, 1.82) is 0 Å². The Labute approximate surface area is 330 Å². The number of hydrogen-bond donors (Lipinski definition) is 0. The summed E-state index contributed by atoms with van der Waals surface area (Å²) in [6, 6.07) is 42.6. The van der Waals surface area contributed by atoms with Gasteiger partial charge in [0.2, 0.25) is 0 Å². The first-order valence-electron chi connectivity index (χ1n) is 20.9. The van der Waals surface area contributed by atoms with Crippen LogP contribution in [0.25, 0.3) is 66.4 Å². The molecule has 8 aromatic rings. The van der Waals surface area contributed by atoms with Crippen LogP contribution in [0.15, 0.2) is 132 Å². The van der Waals surface area contributed by atoms with Crippen molar-refractivity contribution >= 4 is 32.7 Å². The van der Waals surface area contributed by atoms with E-state index in [0.29, 0.717) is 22.2 Å². The number of furan rings is 1. The molecule has 3 heterocycles. The van der Waals surface area contributed by atoms with Crippen molar-refractivity contribution in [2.45, 2.75) is 59.1 Å². The van der Waals surface area contributed by atoms with Crippen LogP contribution in [0.3, 0.4) is 0 Å².